The Bertz CT molecular complexity index is 1210. The Morgan fingerprint density at radius 2 is 1.67 bits per heavy atom. The highest BCUT2D eigenvalue weighted by molar-refractivity contribution is 6.42. The highest BCUT2D eigenvalue weighted by Gasteiger charge is 2.15. The number of carbonyl (C=O) groups excluding carboxylic acids is 3. The summed E-state index contributed by atoms with van der Waals surface area (Å²) in [4.78, 5) is 36.2. The lowest BCUT2D eigenvalue weighted by molar-refractivity contribution is -0.136. The highest BCUT2D eigenvalue weighted by Crippen LogP contribution is 2.25. The van der Waals surface area contributed by atoms with Crippen molar-refractivity contribution in [3.05, 3.63) is 87.9 Å². The fourth-order valence-corrected chi connectivity index (χ4v) is 2.88. The van der Waals surface area contributed by atoms with E-state index in [1.165, 1.54) is 25.5 Å². The zero-order valence-electron chi connectivity index (χ0n) is 17.2. The molecular weight excluding hydrogens is 469 g/mol. The lowest BCUT2D eigenvalue weighted by atomic mass is 10.2. The van der Waals surface area contributed by atoms with Crippen LogP contribution in [0.15, 0.2) is 71.8 Å². The Hall–Kier alpha value is -3.88. The van der Waals surface area contributed by atoms with E-state index in [9.17, 15) is 14.4 Å². The van der Waals surface area contributed by atoms with Gasteiger partial charge in [0.2, 0.25) is 0 Å². The molecule has 2 N–H and O–H groups in total. The normalized spacial score (nSPS) is 10.5. The molecule has 0 aliphatic carbocycles. The van der Waals surface area contributed by atoms with Gasteiger partial charge in [-0.2, -0.15) is 5.10 Å². The first-order chi connectivity index (χ1) is 15.9. The number of benzene rings is 3. The van der Waals surface area contributed by atoms with Gasteiger partial charge in [0.05, 0.1) is 29.6 Å². The molecule has 3 rings (SSSR count). The van der Waals surface area contributed by atoms with E-state index < -0.39 is 17.8 Å². The van der Waals surface area contributed by atoms with Crippen molar-refractivity contribution in [1.29, 1.82) is 0 Å². The molecule has 0 saturated carbocycles. The molecule has 168 valence electrons. The summed E-state index contributed by atoms with van der Waals surface area (Å²) in [5.74, 6) is -1.63. The lowest BCUT2D eigenvalue weighted by Gasteiger charge is -2.07. The van der Waals surface area contributed by atoms with Crippen molar-refractivity contribution >= 4 is 52.9 Å². The number of esters is 1. The number of rotatable bonds is 6. The van der Waals surface area contributed by atoms with E-state index in [1.807, 2.05) is 0 Å². The number of halogens is 2. The average molecular weight is 486 g/mol. The Kier molecular flexibility index (Phi) is 8.01. The van der Waals surface area contributed by atoms with Gasteiger partial charge < -0.3 is 14.8 Å². The molecule has 0 aliphatic rings. The van der Waals surface area contributed by atoms with Crippen LogP contribution in [0, 0.1) is 0 Å². The lowest BCUT2D eigenvalue weighted by Crippen LogP contribution is -2.32. The number of hydrogen-bond donors (Lipinski definition) is 2. The predicted octanol–water partition coefficient (Wildman–Crippen LogP) is 4.31. The first-order valence-electron chi connectivity index (χ1n) is 9.41. The molecule has 0 atom stereocenters. The number of ether oxygens (including phenoxy) is 2. The number of hydrazone groups is 1. The third-order valence-corrected chi connectivity index (χ3v) is 4.72. The SMILES string of the molecule is COc1ccc(C(=O)Oc2cccc(/C=N/NC(=O)C(=O)Nc3cc(Cl)ccc3Cl)c2)cc1. The second-order valence-corrected chi connectivity index (χ2v) is 7.31. The average Bonchev–Trinajstić information content (AvgIpc) is 2.81. The van der Waals surface area contributed by atoms with Gasteiger partial charge >= 0.3 is 17.8 Å². The van der Waals surface area contributed by atoms with Gasteiger partial charge in [-0.3, -0.25) is 9.59 Å². The van der Waals surface area contributed by atoms with Crippen molar-refractivity contribution < 1.29 is 23.9 Å². The van der Waals surface area contributed by atoms with Gasteiger partial charge in [-0.05, 0) is 60.2 Å². The zero-order chi connectivity index (χ0) is 23.8. The largest absolute Gasteiger partial charge is 0.497 e. The maximum absolute atomic E-state index is 12.3. The van der Waals surface area contributed by atoms with Crippen LogP contribution in [0.25, 0.3) is 0 Å². The minimum absolute atomic E-state index is 0.194. The Balaban J connectivity index is 1.57. The first kappa shape index (κ1) is 23.8. The molecule has 0 saturated heterocycles. The number of nitrogens with one attached hydrogen (secondary N) is 2. The number of hydrogen-bond acceptors (Lipinski definition) is 6. The standard InChI is InChI=1S/C23H17Cl2N3O5/c1-32-17-8-5-15(6-9-17)23(31)33-18-4-2-3-14(11-18)13-26-28-22(30)21(29)27-20-12-16(24)7-10-19(20)25/h2-13H,1H3,(H,27,29)(H,28,30)/b26-13+. The van der Waals surface area contributed by atoms with Gasteiger partial charge in [-0.25, -0.2) is 10.2 Å². The summed E-state index contributed by atoms with van der Waals surface area (Å²) >= 11 is 11.8. The molecular formula is C23H17Cl2N3O5. The molecule has 0 aliphatic heterocycles. The topological polar surface area (TPSA) is 106 Å². The summed E-state index contributed by atoms with van der Waals surface area (Å²) in [6.07, 6.45) is 1.29. The first-order valence-corrected chi connectivity index (χ1v) is 10.2. The predicted molar refractivity (Wildman–Crippen MR) is 125 cm³/mol. The molecule has 0 heterocycles. The van der Waals surface area contributed by atoms with Crippen LogP contribution in [0.4, 0.5) is 5.69 Å². The smallest absolute Gasteiger partial charge is 0.343 e. The van der Waals surface area contributed by atoms with E-state index in [0.717, 1.165) is 0 Å². The fourth-order valence-electron chi connectivity index (χ4n) is 2.54. The molecule has 0 fully saturated rings. The summed E-state index contributed by atoms with van der Waals surface area (Å²) in [6.45, 7) is 0. The molecule has 0 spiro atoms. The van der Waals surface area contributed by atoms with Crippen LogP contribution in [0.2, 0.25) is 10.0 Å². The van der Waals surface area contributed by atoms with Crippen LogP contribution in [-0.4, -0.2) is 31.1 Å². The second kappa shape index (κ2) is 11.1. The molecule has 8 nitrogen and oxygen atoms in total. The van der Waals surface area contributed by atoms with Crippen molar-refractivity contribution in [1.82, 2.24) is 5.43 Å². The number of carbonyl (C=O) groups is 3. The van der Waals surface area contributed by atoms with Gasteiger partial charge in [-0.1, -0.05) is 35.3 Å². The summed E-state index contributed by atoms with van der Waals surface area (Å²) < 4.78 is 10.4. The van der Waals surface area contributed by atoms with Gasteiger partial charge in [0.15, 0.2) is 0 Å². The van der Waals surface area contributed by atoms with Crippen molar-refractivity contribution in [2.75, 3.05) is 12.4 Å². The van der Waals surface area contributed by atoms with Crippen molar-refractivity contribution in [2.45, 2.75) is 0 Å². The molecule has 0 aromatic heterocycles. The Morgan fingerprint density at radius 3 is 2.39 bits per heavy atom. The van der Waals surface area contributed by atoms with E-state index in [0.29, 0.717) is 21.9 Å². The maximum atomic E-state index is 12.3. The van der Waals surface area contributed by atoms with Crippen LogP contribution in [0.1, 0.15) is 15.9 Å². The molecule has 0 bridgehead atoms. The van der Waals surface area contributed by atoms with E-state index in [2.05, 4.69) is 15.8 Å². The van der Waals surface area contributed by atoms with E-state index >= 15 is 0 Å². The number of methoxy groups -OCH3 is 1. The number of anilines is 1. The molecule has 33 heavy (non-hydrogen) atoms. The summed E-state index contributed by atoms with van der Waals surface area (Å²) in [7, 11) is 1.53. The van der Waals surface area contributed by atoms with E-state index in [4.69, 9.17) is 32.7 Å². The number of nitrogens with zero attached hydrogens (tertiary/aromatic N) is 1. The second-order valence-electron chi connectivity index (χ2n) is 6.47. The minimum Gasteiger partial charge on any atom is -0.497 e. The monoisotopic (exact) mass is 485 g/mol. The van der Waals surface area contributed by atoms with Crippen LogP contribution in [0.3, 0.4) is 0 Å². The maximum Gasteiger partial charge on any atom is 0.343 e. The van der Waals surface area contributed by atoms with Crippen LogP contribution >= 0.6 is 23.2 Å². The fraction of sp³-hybridized carbons (Fsp3) is 0.0435. The van der Waals surface area contributed by atoms with E-state index in [-0.39, 0.29) is 16.5 Å². The zero-order valence-corrected chi connectivity index (χ0v) is 18.7. The number of amides is 2. The molecule has 0 unspecified atom stereocenters. The molecule has 2 amide bonds. The summed E-state index contributed by atoms with van der Waals surface area (Å²) in [5.41, 5.74) is 3.18. The van der Waals surface area contributed by atoms with Gasteiger partial charge in [0.1, 0.15) is 11.5 Å². The minimum atomic E-state index is -1.01. The van der Waals surface area contributed by atoms with E-state index in [1.54, 1.807) is 54.6 Å². The van der Waals surface area contributed by atoms with Crippen molar-refractivity contribution in [3.63, 3.8) is 0 Å². The Labute approximate surface area is 199 Å². The molecule has 0 radical (unpaired) electrons. The van der Waals surface area contributed by atoms with Crippen LogP contribution in [-0.2, 0) is 9.59 Å². The summed E-state index contributed by atoms with van der Waals surface area (Å²) in [6, 6.07) is 17.4. The van der Waals surface area contributed by atoms with Gasteiger partial charge in [-0.15, -0.1) is 0 Å². The van der Waals surface area contributed by atoms with Gasteiger partial charge in [0.25, 0.3) is 0 Å². The summed E-state index contributed by atoms with van der Waals surface area (Å²) in [5, 5.41) is 6.66. The Morgan fingerprint density at radius 1 is 0.909 bits per heavy atom. The van der Waals surface area contributed by atoms with Crippen LogP contribution in [0.5, 0.6) is 11.5 Å². The molecule has 3 aromatic carbocycles. The molecule has 3 aromatic rings. The highest BCUT2D eigenvalue weighted by atomic mass is 35.5. The van der Waals surface area contributed by atoms with Crippen molar-refractivity contribution in [3.8, 4) is 11.5 Å². The van der Waals surface area contributed by atoms with Gasteiger partial charge in [0, 0.05) is 5.02 Å². The third-order valence-electron chi connectivity index (χ3n) is 4.16. The molecule has 10 heteroatoms. The quantitative estimate of drug-likeness (QED) is 0.178. The van der Waals surface area contributed by atoms with Crippen molar-refractivity contribution in [2.24, 2.45) is 5.10 Å². The van der Waals surface area contributed by atoms with Crippen LogP contribution < -0.4 is 20.2 Å². The third kappa shape index (κ3) is 6.80.